The van der Waals surface area contributed by atoms with Crippen LogP contribution in [0.25, 0.3) is 0 Å². The van der Waals surface area contributed by atoms with Crippen molar-refractivity contribution in [2.75, 3.05) is 64.0 Å². The first-order valence-electron chi connectivity index (χ1n) is 13.7. The van der Waals surface area contributed by atoms with Crippen molar-refractivity contribution in [2.45, 2.75) is 12.6 Å². The number of halogens is 3. The van der Waals surface area contributed by atoms with Gasteiger partial charge in [0.05, 0.1) is 24.5 Å². The summed E-state index contributed by atoms with van der Waals surface area (Å²) in [7, 11) is 0. The van der Waals surface area contributed by atoms with Crippen molar-refractivity contribution in [3.8, 4) is 11.8 Å². The Kier molecular flexibility index (Phi) is 10.2. The Morgan fingerprint density at radius 2 is 1.88 bits per heavy atom. The molecule has 1 aromatic heterocycles. The molecular weight excluding hydrogens is 567 g/mol. The van der Waals surface area contributed by atoms with Crippen molar-refractivity contribution in [3.05, 3.63) is 65.0 Å². The van der Waals surface area contributed by atoms with Crippen molar-refractivity contribution >= 4 is 23.8 Å². The number of likely N-dealkylation sites (tertiary alicyclic amines) is 1. The van der Waals surface area contributed by atoms with Crippen LogP contribution in [0.15, 0.2) is 53.9 Å². The molecule has 2 aliphatic heterocycles. The Morgan fingerprint density at radius 3 is 2.51 bits per heavy atom. The molecule has 3 heterocycles. The van der Waals surface area contributed by atoms with Crippen LogP contribution in [0.4, 0.5) is 19.0 Å². The van der Waals surface area contributed by atoms with E-state index < -0.39 is 23.4 Å². The van der Waals surface area contributed by atoms with Gasteiger partial charge in [-0.3, -0.25) is 9.59 Å². The number of primary amides is 1. The van der Waals surface area contributed by atoms with Gasteiger partial charge in [-0.25, -0.2) is 4.98 Å². The van der Waals surface area contributed by atoms with E-state index in [1.165, 1.54) is 11.1 Å². The number of carbonyl (C=O) groups excluding carboxylic acids is 2. The number of hydrogen-bond donors (Lipinski definition) is 2. The molecule has 1 unspecified atom stereocenters. The molecule has 14 heteroatoms. The molecule has 1 atom stereocenters. The summed E-state index contributed by atoms with van der Waals surface area (Å²) in [6.07, 6.45) is -2.38. The number of amides is 2. The van der Waals surface area contributed by atoms with E-state index in [1.807, 2.05) is 6.07 Å². The summed E-state index contributed by atoms with van der Waals surface area (Å²) in [5.41, 5.74) is 3.87. The number of aromatic nitrogens is 1. The molecule has 2 amide bonds. The van der Waals surface area contributed by atoms with E-state index in [2.05, 4.69) is 9.88 Å². The predicted molar refractivity (Wildman–Crippen MR) is 151 cm³/mol. The lowest BCUT2D eigenvalue weighted by atomic mass is 10.1. The van der Waals surface area contributed by atoms with E-state index in [9.17, 15) is 22.8 Å². The molecule has 2 aromatic rings. The first-order valence-corrected chi connectivity index (χ1v) is 13.7. The highest BCUT2D eigenvalue weighted by Gasteiger charge is 2.42. The number of anilines is 1. The number of carbonyl (C=O) groups is 2. The number of nitriles is 1. The number of pyridine rings is 1. The Morgan fingerprint density at radius 1 is 1.12 bits per heavy atom. The summed E-state index contributed by atoms with van der Waals surface area (Å²) in [6, 6.07) is 12.4. The number of nitrogens with two attached hydrogens (primary N) is 1. The number of allylic oxidation sites excluding steroid dienone is 1. The van der Waals surface area contributed by atoms with Gasteiger partial charge in [0.1, 0.15) is 29.8 Å². The Labute approximate surface area is 246 Å². The van der Waals surface area contributed by atoms with Gasteiger partial charge in [0.2, 0.25) is 0 Å². The van der Waals surface area contributed by atoms with Crippen LogP contribution in [0.3, 0.4) is 0 Å². The fraction of sp³-hybridized carbons (Fsp3) is 0.414. The van der Waals surface area contributed by atoms with E-state index in [0.717, 1.165) is 5.82 Å². The highest BCUT2D eigenvalue weighted by molar-refractivity contribution is 5.99. The molecule has 3 N–H and O–H groups in total. The molecular formula is C29H32F3N7O4. The minimum absolute atomic E-state index is 0.0913. The number of rotatable bonds is 11. The number of piperazine rings is 1. The van der Waals surface area contributed by atoms with Gasteiger partial charge in [-0.2, -0.15) is 18.4 Å². The SMILES string of the molecule is N#Cc1ccc(N2CCN(C(=O)c3cccc(OCCOCC4CCN(/C(C=N)=C(/C(N)=O)C(F)(F)F)C4)c3)CC2)nc1. The third-order valence-electron chi connectivity index (χ3n) is 7.25. The lowest BCUT2D eigenvalue weighted by Crippen LogP contribution is -2.49. The third kappa shape index (κ3) is 8.01. The second kappa shape index (κ2) is 14.0. The lowest BCUT2D eigenvalue weighted by molar-refractivity contribution is -0.128. The minimum Gasteiger partial charge on any atom is -0.491 e. The zero-order chi connectivity index (χ0) is 31.0. The zero-order valence-corrected chi connectivity index (χ0v) is 23.3. The van der Waals surface area contributed by atoms with Crippen molar-refractivity contribution in [1.29, 1.82) is 10.7 Å². The molecule has 0 spiro atoms. The van der Waals surface area contributed by atoms with Crippen LogP contribution >= 0.6 is 0 Å². The third-order valence-corrected chi connectivity index (χ3v) is 7.25. The maximum Gasteiger partial charge on any atom is 0.423 e. The topological polar surface area (TPSA) is 149 Å². The maximum absolute atomic E-state index is 13.3. The lowest BCUT2D eigenvalue weighted by Gasteiger charge is -2.35. The number of nitrogens with one attached hydrogen (secondary N) is 1. The number of hydrogen-bond acceptors (Lipinski definition) is 9. The summed E-state index contributed by atoms with van der Waals surface area (Å²) in [6.45, 7) is 3.41. The van der Waals surface area contributed by atoms with Crippen LogP contribution in [0, 0.1) is 22.7 Å². The number of benzene rings is 1. The predicted octanol–water partition coefficient (Wildman–Crippen LogP) is 2.58. The van der Waals surface area contributed by atoms with Gasteiger partial charge >= 0.3 is 6.18 Å². The van der Waals surface area contributed by atoms with Gasteiger partial charge in [0.25, 0.3) is 11.8 Å². The van der Waals surface area contributed by atoms with E-state index in [-0.39, 0.29) is 44.7 Å². The molecule has 228 valence electrons. The maximum atomic E-state index is 13.3. The largest absolute Gasteiger partial charge is 0.491 e. The molecule has 0 bridgehead atoms. The summed E-state index contributed by atoms with van der Waals surface area (Å²) in [5, 5.41) is 16.3. The zero-order valence-electron chi connectivity index (χ0n) is 23.3. The van der Waals surface area contributed by atoms with E-state index >= 15 is 0 Å². The average Bonchev–Trinajstić information content (AvgIpc) is 3.47. The summed E-state index contributed by atoms with van der Waals surface area (Å²) in [5.74, 6) is -0.544. The van der Waals surface area contributed by atoms with Crippen LogP contribution in [0.5, 0.6) is 5.75 Å². The molecule has 0 aliphatic carbocycles. The molecule has 1 aromatic carbocycles. The van der Waals surface area contributed by atoms with Crippen molar-refractivity contribution < 1.29 is 32.2 Å². The van der Waals surface area contributed by atoms with Crippen LogP contribution in [-0.4, -0.2) is 98.1 Å². The summed E-state index contributed by atoms with van der Waals surface area (Å²) in [4.78, 5) is 34.0. The smallest absolute Gasteiger partial charge is 0.423 e. The molecule has 2 aliphatic rings. The number of nitrogens with zero attached hydrogens (tertiary/aromatic N) is 5. The normalized spacial score (nSPS) is 17.7. The van der Waals surface area contributed by atoms with Gasteiger partial charge in [-0.1, -0.05) is 6.07 Å². The van der Waals surface area contributed by atoms with E-state index in [0.29, 0.717) is 55.7 Å². The first kappa shape index (κ1) is 31.3. The number of alkyl halides is 3. The van der Waals surface area contributed by atoms with Crippen LogP contribution in [-0.2, 0) is 9.53 Å². The summed E-state index contributed by atoms with van der Waals surface area (Å²) < 4.78 is 51.3. The Balaban J connectivity index is 1.20. The van der Waals surface area contributed by atoms with Crippen LogP contribution in [0.1, 0.15) is 22.3 Å². The van der Waals surface area contributed by atoms with Crippen molar-refractivity contribution in [2.24, 2.45) is 11.7 Å². The monoisotopic (exact) mass is 599 g/mol. The second-order valence-corrected chi connectivity index (χ2v) is 10.1. The van der Waals surface area contributed by atoms with Gasteiger partial charge in [-0.15, -0.1) is 0 Å². The Hall–Kier alpha value is -4.64. The van der Waals surface area contributed by atoms with Gasteiger partial charge in [0.15, 0.2) is 0 Å². The van der Waals surface area contributed by atoms with Crippen LogP contribution in [0.2, 0.25) is 0 Å². The van der Waals surface area contributed by atoms with Crippen molar-refractivity contribution in [1.82, 2.24) is 14.8 Å². The highest BCUT2D eigenvalue weighted by Crippen LogP contribution is 2.31. The number of ether oxygens (including phenoxy) is 2. The quantitative estimate of drug-likeness (QED) is 0.228. The van der Waals surface area contributed by atoms with E-state index in [1.54, 1.807) is 41.3 Å². The molecule has 2 saturated heterocycles. The average molecular weight is 600 g/mol. The van der Waals surface area contributed by atoms with Gasteiger partial charge in [-0.05, 0) is 36.8 Å². The fourth-order valence-electron chi connectivity index (χ4n) is 5.07. The van der Waals surface area contributed by atoms with Crippen molar-refractivity contribution in [3.63, 3.8) is 0 Å². The second-order valence-electron chi connectivity index (χ2n) is 10.1. The Bertz CT molecular complexity index is 1380. The van der Waals surface area contributed by atoms with Gasteiger partial charge in [0, 0.05) is 63.2 Å². The summed E-state index contributed by atoms with van der Waals surface area (Å²) >= 11 is 0. The molecule has 2 fully saturated rings. The van der Waals surface area contributed by atoms with E-state index in [4.69, 9.17) is 25.9 Å². The highest BCUT2D eigenvalue weighted by atomic mass is 19.4. The first-order chi connectivity index (χ1) is 20.6. The van der Waals surface area contributed by atoms with Crippen LogP contribution < -0.4 is 15.4 Å². The molecule has 0 saturated carbocycles. The molecule has 0 radical (unpaired) electrons. The minimum atomic E-state index is -4.95. The molecule has 4 rings (SSSR count). The fourth-order valence-corrected chi connectivity index (χ4v) is 5.07. The molecule has 11 nitrogen and oxygen atoms in total. The van der Waals surface area contributed by atoms with Gasteiger partial charge < -0.3 is 35.3 Å². The molecule has 43 heavy (non-hydrogen) atoms. The standard InChI is InChI=1S/C29H32F3N7O4/c30-29(31,32)26(27(35)40)24(16-34)39-7-6-21(18-39)19-42-12-13-43-23-3-1-2-22(14-23)28(41)38-10-8-37(9-11-38)25-5-4-20(15-33)17-36-25/h1-5,14,16-17,21,34H,6-13,18-19H2,(H2,35,40)/b26-24-,34-16?.